The molecule has 0 spiro atoms. The number of carbonyl (C=O) groups excluding carboxylic acids is 6. The van der Waals surface area contributed by atoms with E-state index in [1.807, 2.05) is 0 Å². The van der Waals surface area contributed by atoms with E-state index in [1.54, 1.807) is 0 Å². The number of esters is 4. The van der Waals surface area contributed by atoms with Gasteiger partial charge in [0, 0.05) is 38.8 Å². The Kier molecular flexibility index (Phi) is 18.3. The van der Waals surface area contributed by atoms with Gasteiger partial charge >= 0.3 is 23.9 Å². The number of hydrogen-bond acceptors (Lipinski definition) is 10. The van der Waals surface area contributed by atoms with Crippen LogP contribution < -0.4 is 5.32 Å². The number of hydrogen-bond donors (Lipinski definition) is 1. The first-order chi connectivity index (χ1) is 17.2. The number of nitrogens with one attached hydrogen (secondary N) is 1. The standard InChI is InChI=1S/C24H40N2O10/c1-33-20(28)12-6-5-7-17-26(19(27)11-9-14-22(30)35-3)18(10-8-13-21(29)34-2)24(32)25-16-15-23(31)36-4/h18H,5-17H2,1-4H3,(H,25,32)/t18-/m0/s1. The highest BCUT2D eigenvalue weighted by Crippen LogP contribution is 2.16. The molecule has 0 saturated carbocycles. The van der Waals surface area contributed by atoms with Crippen molar-refractivity contribution in [2.45, 2.75) is 76.7 Å². The maximum atomic E-state index is 13.1. The predicted octanol–water partition coefficient (Wildman–Crippen LogP) is 1.28. The van der Waals surface area contributed by atoms with Crippen LogP contribution in [0.4, 0.5) is 0 Å². The fourth-order valence-corrected chi connectivity index (χ4v) is 3.39. The Hall–Kier alpha value is -3.18. The lowest BCUT2D eigenvalue weighted by atomic mass is 10.0. The zero-order valence-electron chi connectivity index (χ0n) is 21.8. The third-order valence-electron chi connectivity index (χ3n) is 5.45. The van der Waals surface area contributed by atoms with Gasteiger partial charge in [0.1, 0.15) is 6.04 Å². The number of rotatable bonds is 19. The van der Waals surface area contributed by atoms with Gasteiger partial charge in [0.25, 0.3) is 0 Å². The van der Waals surface area contributed by atoms with Crippen LogP contribution in [0.2, 0.25) is 0 Å². The molecule has 2 amide bonds. The molecule has 0 fully saturated rings. The number of methoxy groups -OCH3 is 4. The lowest BCUT2D eigenvalue weighted by Gasteiger charge is -2.31. The van der Waals surface area contributed by atoms with Gasteiger partial charge in [-0.15, -0.1) is 0 Å². The van der Waals surface area contributed by atoms with E-state index in [-0.39, 0.29) is 69.9 Å². The van der Waals surface area contributed by atoms with Gasteiger partial charge in [-0.25, -0.2) is 0 Å². The summed E-state index contributed by atoms with van der Waals surface area (Å²) in [5, 5.41) is 2.66. The van der Waals surface area contributed by atoms with Crippen LogP contribution in [0.1, 0.15) is 70.6 Å². The van der Waals surface area contributed by atoms with Crippen molar-refractivity contribution in [3.8, 4) is 0 Å². The van der Waals surface area contributed by atoms with Gasteiger partial charge in [-0.3, -0.25) is 28.8 Å². The Morgan fingerprint density at radius 2 is 1.11 bits per heavy atom. The molecule has 0 heterocycles. The lowest BCUT2D eigenvalue weighted by molar-refractivity contribution is -0.144. The van der Waals surface area contributed by atoms with E-state index < -0.39 is 29.9 Å². The summed E-state index contributed by atoms with van der Waals surface area (Å²) >= 11 is 0. The van der Waals surface area contributed by atoms with Crippen LogP contribution in [0.3, 0.4) is 0 Å². The van der Waals surface area contributed by atoms with Crippen molar-refractivity contribution in [3.63, 3.8) is 0 Å². The minimum atomic E-state index is -0.890. The van der Waals surface area contributed by atoms with Crippen molar-refractivity contribution < 1.29 is 47.7 Å². The smallest absolute Gasteiger partial charge is 0.307 e. The monoisotopic (exact) mass is 516 g/mol. The largest absolute Gasteiger partial charge is 0.469 e. The first-order valence-corrected chi connectivity index (χ1v) is 12.0. The van der Waals surface area contributed by atoms with Gasteiger partial charge in [0.2, 0.25) is 11.8 Å². The van der Waals surface area contributed by atoms with E-state index in [4.69, 9.17) is 0 Å². The summed E-state index contributed by atoms with van der Waals surface area (Å²) in [5.74, 6) is -2.46. The molecule has 1 atom stereocenters. The van der Waals surface area contributed by atoms with Crippen molar-refractivity contribution in [2.24, 2.45) is 0 Å². The van der Waals surface area contributed by atoms with Crippen LogP contribution in [0.15, 0.2) is 0 Å². The van der Waals surface area contributed by atoms with E-state index in [9.17, 15) is 28.8 Å². The SMILES string of the molecule is COC(=O)CCCCCN(C(=O)CCCC(=O)OC)[C@@H](CCCC(=O)OC)C(=O)NCCC(=O)OC. The van der Waals surface area contributed by atoms with Crippen LogP contribution in [0.5, 0.6) is 0 Å². The summed E-state index contributed by atoms with van der Waals surface area (Å²) in [6.45, 7) is 0.272. The average Bonchev–Trinajstić information content (AvgIpc) is 2.88. The Morgan fingerprint density at radius 1 is 0.611 bits per heavy atom. The summed E-state index contributed by atoms with van der Waals surface area (Å²) in [5.41, 5.74) is 0. The molecule has 1 N–H and O–H groups in total. The minimum Gasteiger partial charge on any atom is -0.469 e. The average molecular weight is 517 g/mol. The molecule has 0 unspecified atom stereocenters. The minimum absolute atomic E-state index is 0.0280. The quantitative estimate of drug-likeness (QED) is 0.151. The fourth-order valence-electron chi connectivity index (χ4n) is 3.39. The van der Waals surface area contributed by atoms with Crippen molar-refractivity contribution in [2.75, 3.05) is 41.5 Å². The molecule has 0 aromatic carbocycles. The van der Waals surface area contributed by atoms with Gasteiger partial charge < -0.3 is 29.2 Å². The summed E-state index contributed by atoms with van der Waals surface area (Å²) in [6, 6.07) is -0.890. The second kappa shape index (κ2) is 20.1. The zero-order valence-corrected chi connectivity index (χ0v) is 21.8. The molecule has 0 bridgehead atoms. The molecule has 0 aliphatic carbocycles. The molecule has 0 radical (unpaired) electrons. The fraction of sp³-hybridized carbons (Fsp3) is 0.750. The van der Waals surface area contributed by atoms with E-state index >= 15 is 0 Å². The molecule has 0 rings (SSSR count). The topological polar surface area (TPSA) is 155 Å². The third-order valence-corrected chi connectivity index (χ3v) is 5.45. The lowest BCUT2D eigenvalue weighted by Crippen LogP contribution is -2.50. The van der Waals surface area contributed by atoms with E-state index in [1.165, 1.54) is 33.3 Å². The predicted molar refractivity (Wildman–Crippen MR) is 127 cm³/mol. The van der Waals surface area contributed by atoms with E-state index in [0.717, 1.165) is 0 Å². The number of ether oxygens (including phenoxy) is 4. The second-order valence-electron chi connectivity index (χ2n) is 8.00. The van der Waals surface area contributed by atoms with Crippen molar-refractivity contribution in [1.29, 1.82) is 0 Å². The number of carbonyl (C=O) groups is 6. The second-order valence-corrected chi connectivity index (χ2v) is 8.00. The van der Waals surface area contributed by atoms with Gasteiger partial charge in [-0.05, 0) is 32.1 Å². The van der Waals surface area contributed by atoms with E-state index in [0.29, 0.717) is 25.7 Å². The van der Waals surface area contributed by atoms with Crippen LogP contribution in [-0.2, 0) is 47.7 Å². The number of nitrogens with zero attached hydrogens (tertiary/aromatic N) is 1. The molecule has 206 valence electrons. The maximum Gasteiger partial charge on any atom is 0.307 e. The van der Waals surface area contributed by atoms with E-state index in [2.05, 4.69) is 24.3 Å². The third kappa shape index (κ3) is 14.9. The summed E-state index contributed by atoms with van der Waals surface area (Å²) < 4.78 is 18.5. The van der Waals surface area contributed by atoms with Crippen molar-refractivity contribution in [1.82, 2.24) is 10.2 Å². The number of amides is 2. The molecule has 36 heavy (non-hydrogen) atoms. The van der Waals surface area contributed by atoms with Gasteiger partial charge in [0.15, 0.2) is 0 Å². The number of unbranched alkanes of at least 4 members (excludes halogenated alkanes) is 2. The highest BCUT2D eigenvalue weighted by atomic mass is 16.5. The Morgan fingerprint density at radius 3 is 1.67 bits per heavy atom. The summed E-state index contributed by atoms with van der Waals surface area (Å²) in [4.78, 5) is 73.3. The van der Waals surface area contributed by atoms with Gasteiger partial charge in [-0.2, -0.15) is 0 Å². The molecular formula is C24H40N2O10. The molecule has 0 saturated heterocycles. The zero-order chi connectivity index (χ0) is 27.3. The molecule has 12 nitrogen and oxygen atoms in total. The highest BCUT2D eigenvalue weighted by molar-refractivity contribution is 5.88. The van der Waals surface area contributed by atoms with Crippen LogP contribution >= 0.6 is 0 Å². The Balaban J connectivity index is 5.43. The Bertz CT molecular complexity index is 726. The highest BCUT2D eigenvalue weighted by Gasteiger charge is 2.29. The molecule has 0 aliphatic rings. The summed E-state index contributed by atoms with van der Waals surface area (Å²) in [6.07, 6.45) is 2.86. The first-order valence-electron chi connectivity index (χ1n) is 12.0. The first kappa shape index (κ1) is 32.8. The normalized spacial score (nSPS) is 11.1. The van der Waals surface area contributed by atoms with Gasteiger partial charge in [0.05, 0.1) is 34.9 Å². The van der Waals surface area contributed by atoms with Crippen LogP contribution in [-0.4, -0.2) is 88.2 Å². The molecular weight excluding hydrogens is 476 g/mol. The molecule has 0 aromatic heterocycles. The molecule has 0 aromatic rings. The summed E-state index contributed by atoms with van der Waals surface area (Å²) in [7, 11) is 5.09. The maximum absolute atomic E-state index is 13.1. The van der Waals surface area contributed by atoms with Crippen molar-refractivity contribution >= 4 is 35.7 Å². The molecule has 12 heteroatoms. The van der Waals surface area contributed by atoms with Crippen molar-refractivity contribution in [3.05, 3.63) is 0 Å². The Labute approximate surface area is 212 Å². The molecule has 0 aliphatic heterocycles. The van der Waals surface area contributed by atoms with Crippen LogP contribution in [0.25, 0.3) is 0 Å². The van der Waals surface area contributed by atoms with Gasteiger partial charge in [-0.1, -0.05) is 6.42 Å². The van der Waals surface area contributed by atoms with Crippen LogP contribution in [0, 0.1) is 0 Å².